The minimum absolute atomic E-state index is 0.00580. The van der Waals surface area contributed by atoms with Crippen molar-refractivity contribution in [1.82, 2.24) is 4.90 Å². The Morgan fingerprint density at radius 2 is 1.81 bits per heavy atom. The third kappa shape index (κ3) is 3.70. The molecule has 1 rings (SSSR count). The summed E-state index contributed by atoms with van der Waals surface area (Å²) < 4.78 is 0. The highest BCUT2D eigenvalue weighted by molar-refractivity contribution is 4.85. The van der Waals surface area contributed by atoms with E-state index in [9.17, 15) is 10.2 Å². The standard InChI is InChI=1S/C12H25NO3/c1-12(9-15,10-16)8-13(6-3-7-14)11-4-2-5-11/h11,14-16H,2-10H2,1H3. The Kier molecular flexibility index (Phi) is 5.69. The first-order valence-electron chi connectivity index (χ1n) is 6.22. The lowest BCUT2D eigenvalue weighted by atomic mass is 9.86. The van der Waals surface area contributed by atoms with Crippen molar-refractivity contribution in [3.05, 3.63) is 0 Å². The van der Waals surface area contributed by atoms with Gasteiger partial charge in [-0.2, -0.15) is 0 Å². The average Bonchev–Trinajstić information content (AvgIpc) is 2.23. The van der Waals surface area contributed by atoms with E-state index in [-0.39, 0.29) is 19.8 Å². The topological polar surface area (TPSA) is 63.9 Å². The number of nitrogens with zero attached hydrogens (tertiary/aromatic N) is 1. The Bertz CT molecular complexity index is 191. The maximum Gasteiger partial charge on any atom is 0.0519 e. The first-order valence-corrected chi connectivity index (χ1v) is 6.22. The first kappa shape index (κ1) is 13.9. The summed E-state index contributed by atoms with van der Waals surface area (Å²) in [5.41, 5.74) is -0.426. The monoisotopic (exact) mass is 231 g/mol. The normalized spacial score (nSPS) is 17.8. The van der Waals surface area contributed by atoms with E-state index in [2.05, 4.69) is 4.90 Å². The average molecular weight is 231 g/mol. The van der Waals surface area contributed by atoms with Crippen LogP contribution in [0.2, 0.25) is 0 Å². The molecule has 0 bridgehead atoms. The van der Waals surface area contributed by atoms with Crippen LogP contribution in [0.5, 0.6) is 0 Å². The number of hydrogen-bond acceptors (Lipinski definition) is 4. The Morgan fingerprint density at radius 3 is 2.19 bits per heavy atom. The first-order chi connectivity index (χ1) is 7.65. The van der Waals surface area contributed by atoms with Crippen molar-refractivity contribution in [2.24, 2.45) is 5.41 Å². The van der Waals surface area contributed by atoms with Gasteiger partial charge in [-0.3, -0.25) is 4.90 Å². The van der Waals surface area contributed by atoms with Crippen molar-refractivity contribution >= 4 is 0 Å². The largest absolute Gasteiger partial charge is 0.396 e. The molecule has 0 saturated heterocycles. The molecule has 0 aliphatic heterocycles. The van der Waals surface area contributed by atoms with Crippen LogP contribution in [0.4, 0.5) is 0 Å². The molecule has 0 atom stereocenters. The lowest BCUT2D eigenvalue weighted by molar-refractivity contribution is 0.00558. The molecule has 1 saturated carbocycles. The van der Waals surface area contributed by atoms with Crippen molar-refractivity contribution in [2.45, 2.75) is 38.6 Å². The predicted octanol–water partition coefficient (Wildman–Crippen LogP) is 0.214. The minimum Gasteiger partial charge on any atom is -0.396 e. The van der Waals surface area contributed by atoms with Crippen molar-refractivity contribution < 1.29 is 15.3 Å². The highest BCUT2D eigenvalue weighted by Crippen LogP contribution is 2.28. The summed E-state index contributed by atoms with van der Waals surface area (Å²) in [6.07, 6.45) is 4.45. The van der Waals surface area contributed by atoms with Gasteiger partial charge in [0.1, 0.15) is 0 Å². The molecule has 0 aromatic rings. The van der Waals surface area contributed by atoms with Gasteiger partial charge in [-0.05, 0) is 19.3 Å². The lowest BCUT2D eigenvalue weighted by Gasteiger charge is -2.42. The molecule has 1 fully saturated rings. The smallest absolute Gasteiger partial charge is 0.0519 e. The lowest BCUT2D eigenvalue weighted by Crippen LogP contribution is -2.48. The maximum absolute atomic E-state index is 9.30. The van der Waals surface area contributed by atoms with E-state index in [0.29, 0.717) is 12.6 Å². The van der Waals surface area contributed by atoms with Gasteiger partial charge in [0, 0.05) is 31.2 Å². The molecule has 16 heavy (non-hydrogen) atoms. The molecular weight excluding hydrogens is 206 g/mol. The molecular formula is C12H25NO3. The minimum atomic E-state index is -0.426. The van der Waals surface area contributed by atoms with Crippen LogP contribution in [-0.2, 0) is 0 Å². The second kappa shape index (κ2) is 6.55. The quantitative estimate of drug-likeness (QED) is 0.559. The van der Waals surface area contributed by atoms with Crippen LogP contribution in [-0.4, -0.2) is 59.2 Å². The van der Waals surface area contributed by atoms with E-state index in [1.54, 1.807) is 0 Å². The van der Waals surface area contributed by atoms with Gasteiger partial charge >= 0.3 is 0 Å². The van der Waals surface area contributed by atoms with Gasteiger partial charge in [0.2, 0.25) is 0 Å². The molecule has 0 spiro atoms. The van der Waals surface area contributed by atoms with Gasteiger partial charge in [-0.1, -0.05) is 13.3 Å². The molecule has 96 valence electrons. The van der Waals surface area contributed by atoms with Crippen LogP contribution in [0.15, 0.2) is 0 Å². The van der Waals surface area contributed by atoms with Gasteiger partial charge < -0.3 is 15.3 Å². The van der Waals surface area contributed by atoms with Crippen LogP contribution in [0.1, 0.15) is 32.6 Å². The predicted molar refractivity (Wildman–Crippen MR) is 63.2 cm³/mol. The Morgan fingerprint density at radius 1 is 1.19 bits per heavy atom. The fourth-order valence-electron chi connectivity index (χ4n) is 2.06. The molecule has 4 nitrogen and oxygen atoms in total. The summed E-state index contributed by atoms with van der Waals surface area (Å²) in [7, 11) is 0. The second-order valence-corrected chi connectivity index (χ2v) is 5.26. The number of rotatable bonds is 8. The van der Waals surface area contributed by atoms with Crippen molar-refractivity contribution in [3.8, 4) is 0 Å². The van der Waals surface area contributed by atoms with E-state index < -0.39 is 5.41 Å². The van der Waals surface area contributed by atoms with Crippen LogP contribution >= 0.6 is 0 Å². The van der Waals surface area contributed by atoms with Gasteiger partial charge in [0.15, 0.2) is 0 Å². The molecule has 0 aromatic heterocycles. The third-order valence-corrected chi connectivity index (χ3v) is 3.54. The van der Waals surface area contributed by atoms with Crippen LogP contribution in [0.3, 0.4) is 0 Å². The zero-order valence-corrected chi connectivity index (χ0v) is 10.2. The number of aliphatic hydroxyl groups is 3. The summed E-state index contributed by atoms with van der Waals surface area (Å²) in [5.74, 6) is 0. The zero-order chi connectivity index (χ0) is 12.0. The van der Waals surface area contributed by atoms with Gasteiger partial charge in [-0.15, -0.1) is 0 Å². The van der Waals surface area contributed by atoms with Crippen molar-refractivity contribution in [2.75, 3.05) is 32.9 Å². The molecule has 4 heteroatoms. The molecule has 0 amide bonds. The fourth-order valence-corrected chi connectivity index (χ4v) is 2.06. The summed E-state index contributed by atoms with van der Waals surface area (Å²) in [5, 5.41) is 27.5. The molecule has 3 N–H and O–H groups in total. The third-order valence-electron chi connectivity index (χ3n) is 3.54. The fraction of sp³-hybridized carbons (Fsp3) is 1.00. The van der Waals surface area contributed by atoms with Gasteiger partial charge in [-0.25, -0.2) is 0 Å². The van der Waals surface area contributed by atoms with E-state index in [0.717, 1.165) is 13.0 Å². The highest BCUT2D eigenvalue weighted by atomic mass is 16.3. The van der Waals surface area contributed by atoms with Crippen molar-refractivity contribution in [3.63, 3.8) is 0 Å². The van der Waals surface area contributed by atoms with Gasteiger partial charge in [0.05, 0.1) is 13.2 Å². The molecule has 1 aliphatic carbocycles. The van der Waals surface area contributed by atoms with E-state index in [1.807, 2.05) is 6.92 Å². The van der Waals surface area contributed by atoms with Crippen LogP contribution in [0.25, 0.3) is 0 Å². The SMILES string of the molecule is CC(CO)(CO)CN(CCCO)C1CCC1. The van der Waals surface area contributed by atoms with E-state index in [1.165, 1.54) is 19.3 Å². The molecule has 0 heterocycles. The highest BCUT2D eigenvalue weighted by Gasteiger charge is 2.31. The Hall–Kier alpha value is -0.160. The van der Waals surface area contributed by atoms with Gasteiger partial charge in [0.25, 0.3) is 0 Å². The summed E-state index contributed by atoms with van der Waals surface area (Å²) in [4.78, 5) is 2.31. The summed E-state index contributed by atoms with van der Waals surface area (Å²) >= 11 is 0. The summed E-state index contributed by atoms with van der Waals surface area (Å²) in [6, 6.07) is 0.587. The molecule has 0 aromatic carbocycles. The molecule has 1 aliphatic rings. The van der Waals surface area contributed by atoms with Crippen molar-refractivity contribution in [1.29, 1.82) is 0 Å². The maximum atomic E-state index is 9.30. The zero-order valence-electron chi connectivity index (χ0n) is 10.2. The van der Waals surface area contributed by atoms with Crippen LogP contribution < -0.4 is 0 Å². The second-order valence-electron chi connectivity index (χ2n) is 5.26. The molecule has 0 unspecified atom stereocenters. The van der Waals surface area contributed by atoms with E-state index >= 15 is 0 Å². The van der Waals surface area contributed by atoms with E-state index in [4.69, 9.17) is 5.11 Å². The van der Waals surface area contributed by atoms with Crippen LogP contribution in [0, 0.1) is 5.41 Å². The summed E-state index contributed by atoms with van der Waals surface area (Å²) in [6.45, 7) is 3.69. The molecule has 0 radical (unpaired) electrons. The number of hydrogen-bond donors (Lipinski definition) is 3. The Labute approximate surface area is 97.9 Å². The Balaban J connectivity index is 2.47. The number of aliphatic hydroxyl groups excluding tert-OH is 3.